The number of amides is 1. The van der Waals surface area contributed by atoms with E-state index in [1.165, 1.54) is 12.0 Å². The summed E-state index contributed by atoms with van der Waals surface area (Å²) in [6.45, 7) is 1.69. The molecule has 4 heteroatoms. The summed E-state index contributed by atoms with van der Waals surface area (Å²) in [5.41, 5.74) is 3.90. The molecule has 1 amide bonds. The molecular weight excluding hydrogens is 334 g/mol. The van der Waals surface area contributed by atoms with Crippen molar-refractivity contribution in [1.82, 2.24) is 14.9 Å². The highest BCUT2D eigenvalue weighted by Crippen LogP contribution is 2.24. The van der Waals surface area contributed by atoms with Crippen molar-refractivity contribution in [2.24, 2.45) is 5.92 Å². The third-order valence-electron chi connectivity index (χ3n) is 5.47. The van der Waals surface area contributed by atoms with Gasteiger partial charge in [0.25, 0.3) is 5.91 Å². The summed E-state index contributed by atoms with van der Waals surface area (Å²) in [5.74, 6) is 0.810. The SMILES string of the molecule is O=C(c1ccc(-c2ccc[nH]2)nc1)N1CCC(CCc2ccccc2)CC1. The zero-order valence-corrected chi connectivity index (χ0v) is 15.5. The standard InChI is InChI=1S/C23H25N3O/c27-23(20-10-11-22(25-17-20)21-7-4-14-24-21)26-15-12-19(13-16-26)9-8-18-5-2-1-3-6-18/h1-7,10-11,14,17,19,24H,8-9,12-13,15-16H2. The van der Waals surface area contributed by atoms with Crippen LogP contribution in [-0.2, 0) is 6.42 Å². The van der Waals surface area contributed by atoms with Gasteiger partial charge in [0.2, 0.25) is 0 Å². The van der Waals surface area contributed by atoms with E-state index in [4.69, 9.17) is 0 Å². The number of rotatable bonds is 5. The average molecular weight is 359 g/mol. The Bertz CT molecular complexity index is 848. The van der Waals surface area contributed by atoms with Gasteiger partial charge in [-0.15, -0.1) is 0 Å². The molecule has 0 spiro atoms. The third-order valence-corrected chi connectivity index (χ3v) is 5.47. The lowest BCUT2D eigenvalue weighted by atomic mass is 9.90. The highest BCUT2D eigenvalue weighted by Gasteiger charge is 2.23. The first-order valence-corrected chi connectivity index (χ1v) is 9.72. The first-order valence-electron chi connectivity index (χ1n) is 9.72. The highest BCUT2D eigenvalue weighted by atomic mass is 16.2. The molecule has 0 radical (unpaired) electrons. The predicted molar refractivity (Wildman–Crippen MR) is 107 cm³/mol. The van der Waals surface area contributed by atoms with Gasteiger partial charge in [0, 0.05) is 25.5 Å². The first kappa shape index (κ1) is 17.5. The number of pyridine rings is 1. The smallest absolute Gasteiger partial charge is 0.255 e. The number of hydrogen-bond donors (Lipinski definition) is 1. The van der Waals surface area contributed by atoms with Gasteiger partial charge in [-0.25, -0.2) is 0 Å². The second kappa shape index (κ2) is 8.21. The van der Waals surface area contributed by atoms with Gasteiger partial charge in [0.15, 0.2) is 0 Å². The summed E-state index contributed by atoms with van der Waals surface area (Å²) in [7, 11) is 0. The normalized spacial score (nSPS) is 15.0. The number of hydrogen-bond acceptors (Lipinski definition) is 2. The van der Waals surface area contributed by atoms with E-state index in [2.05, 4.69) is 40.3 Å². The van der Waals surface area contributed by atoms with Crippen molar-refractivity contribution in [3.05, 3.63) is 78.1 Å². The lowest BCUT2D eigenvalue weighted by molar-refractivity contribution is 0.0686. The van der Waals surface area contributed by atoms with E-state index in [9.17, 15) is 4.79 Å². The van der Waals surface area contributed by atoms with Crippen LogP contribution in [0.25, 0.3) is 11.4 Å². The molecule has 1 aromatic carbocycles. The molecule has 1 saturated heterocycles. The van der Waals surface area contributed by atoms with E-state index in [0.29, 0.717) is 11.5 Å². The van der Waals surface area contributed by atoms with Crippen LogP contribution in [0.4, 0.5) is 0 Å². The lowest BCUT2D eigenvalue weighted by Gasteiger charge is -2.32. The molecule has 4 rings (SSSR count). The van der Waals surface area contributed by atoms with E-state index < -0.39 is 0 Å². The Morgan fingerprint density at radius 3 is 2.52 bits per heavy atom. The zero-order chi connectivity index (χ0) is 18.5. The van der Waals surface area contributed by atoms with Gasteiger partial charge in [-0.3, -0.25) is 9.78 Å². The van der Waals surface area contributed by atoms with Gasteiger partial charge in [0.1, 0.15) is 0 Å². The van der Waals surface area contributed by atoms with Crippen molar-refractivity contribution in [3.8, 4) is 11.4 Å². The van der Waals surface area contributed by atoms with Crippen molar-refractivity contribution in [2.75, 3.05) is 13.1 Å². The molecule has 1 aliphatic rings. The van der Waals surface area contributed by atoms with E-state index in [0.717, 1.165) is 43.7 Å². The first-order chi connectivity index (χ1) is 13.3. The number of aromatic nitrogens is 2. The summed E-state index contributed by atoms with van der Waals surface area (Å²) in [6.07, 6.45) is 8.08. The number of piperidine rings is 1. The topological polar surface area (TPSA) is 49.0 Å². The van der Waals surface area contributed by atoms with E-state index in [1.54, 1.807) is 6.20 Å². The number of benzene rings is 1. The molecular formula is C23H25N3O. The number of carbonyl (C=O) groups is 1. The summed E-state index contributed by atoms with van der Waals surface area (Å²) in [4.78, 5) is 22.3. The van der Waals surface area contributed by atoms with Crippen molar-refractivity contribution < 1.29 is 4.79 Å². The molecule has 3 aromatic rings. The van der Waals surface area contributed by atoms with E-state index >= 15 is 0 Å². The Balaban J connectivity index is 1.29. The van der Waals surface area contributed by atoms with Crippen LogP contribution in [0.2, 0.25) is 0 Å². The number of nitrogens with one attached hydrogen (secondary N) is 1. The minimum absolute atomic E-state index is 0.0991. The van der Waals surface area contributed by atoms with E-state index in [-0.39, 0.29) is 5.91 Å². The molecule has 1 fully saturated rings. The van der Waals surface area contributed by atoms with Crippen LogP contribution < -0.4 is 0 Å². The molecule has 1 N–H and O–H groups in total. The maximum absolute atomic E-state index is 12.8. The Kier molecular flexibility index (Phi) is 5.33. The molecule has 4 nitrogen and oxygen atoms in total. The fraction of sp³-hybridized carbons (Fsp3) is 0.304. The second-order valence-corrected chi connectivity index (χ2v) is 7.28. The number of likely N-dealkylation sites (tertiary alicyclic amines) is 1. The van der Waals surface area contributed by atoms with Crippen LogP contribution in [-0.4, -0.2) is 33.9 Å². The number of nitrogens with zero attached hydrogens (tertiary/aromatic N) is 2. The predicted octanol–water partition coefficient (Wildman–Crippen LogP) is 4.56. The molecule has 138 valence electrons. The molecule has 1 aliphatic heterocycles. The maximum Gasteiger partial charge on any atom is 0.255 e. The second-order valence-electron chi connectivity index (χ2n) is 7.28. The van der Waals surface area contributed by atoms with Crippen LogP contribution in [0.1, 0.15) is 35.2 Å². The molecule has 0 unspecified atom stereocenters. The summed E-state index contributed by atoms with van der Waals surface area (Å²) < 4.78 is 0. The van der Waals surface area contributed by atoms with Crippen molar-refractivity contribution in [1.29, 1.82) is 0 Å². The van der Waals surface area contributed by atoms with Gasteiger partial charge >= 0.3 is 0 Å². The molecule has 2 aromatic heterocycles. The minimum Gasteiger partial charge on any atom is -0.360 e. The van der Waals surface area contributed by atoms with Gasteiger partial charge in [0.05, 0.1) is 17.0 Å². The van der Waals surface area contributed by atoms with Crippen LogP contribution in [0.15, 0.2) is 67.0 Å². The Morgan fingerprint density at radius 1 is 1.04 bits per heavy atom. The molecule has 0 atom stereocenters. The van der Waals surface area contributed by atoms with Crippen molar-refractivity contribution >= 4 is 5.91 Å². The van der Waals surface area contributed by atoms with Gasteiger partial charge < -0.3 is 9.88 Å². The van der Waals surface area contributed by atoms with Crippen molar-refractivity contribution in [2.45, 2.75) is 25.7 Å². The molecule has 0 bridgehead atoms. The Hall–Kier alpha value is -2.88. The molecule has 0 aliphatic carbocycles. The highest BCUT2D eigenvalue weighted by molar-refractivity contribution is 5.94. The van der Waals surface area contributed by atoms with Gasteiger partial charge in [-0.1, -0.05) is 30.3 Å². The summed E-state index contributed by atoms with van der Waals surface area (Å²) >= 11 is 0. The van der Waals surface area contributed by atoms with Crippen LogP contribution >= 0.6 is 0 Å². The fourth-order valence-corrected chi connectivity index (χ4v) is 3.79. The largest absolute Gasteiger partial charge is 0.360 e. The average Bonchev–Trinajstić information content (AvgIpc) is 3.28. The number of carbonyl (C=O) groups excluding carboxylic acids is 1. The number of aryl methyl sites for hydroxylation is 1. The minimum atomic E-state index is 0.0991. The molecule has 27 heavy (non-hydrogen) atoms. The molecule has 0 saturated carbocycles. The maximum atomic E-state index is 12.8. The monoisotopic (exact) mass is 359 g/mol. The fourth-order valence-electron chi connectivity index (χ4n) is 3.79. The third kappa shape index (κ3) is 4.27. The van der Waals surface area contributed by atoms with Gasteiger partial charge in [-0.2, -0.15) is 0 Å². The lowest BCUT2D eigenvalue weighted by Crippen LogP contribution is -2.38. The number of H-pyrrole nitrogens is 1. The zero-order valence-electron chi connectivity index (χ0n) is 15.5. The summed E-state index contributed by atoms with van der Waals surface area (Å²) in [6, 6.07) is 18.4. The molecule has 3 heterocycles. The quantitative estimate of drug-likeness (QED) is 0.726. The Labute approximate surface area is 160 Å². The van der Waals surface area contributed by atoms with Crippen LogP contribution in [0.3, 0.4) is 0 Å². The summed E-state index contributed by atoms with van der Waals surface area (Å²) in [5, 5.41) is 0. The van der Waals surface area contributed by atoms with Crippen LogP contribution in [0.5, 0.6) is 0 Å². The van der Waals surface area contributed by atoms with Crippen molar-refractivity contribution in [3.63, 3.8) is 0 Å². The number of aromatic amines is 1. The van der Waals surface area contributed by atoms with Gasteiger partial charge in [-0.05, 0) is 61.4 Å². The Morgan fingerprint density at radius 2 is 1.85 bits per heavy atom. The van der Waals surface area contributed by atoms with E-state index in [1.807, 2.05) is 35.4 Å². The van der Waals surface area contributed by atoms with Crippen LogP contribution in [0, 0.1) is 5.92 Å².